The minimum atomic E-state index is -1.51. The fourth-order valence-corrected chi connectivity index (χ4v) is 3.51. The Balaban J connectivity index is 3.11. The number of carboxylic acids is 1. The SMILES string of the molecule is CC(C)C[C@H](NC(=O)[C@H](Cc1ccc(O)cc1)NC(=O)[C@H](CO)NC(=O)[C@@H](N)CCC(N)=O)C(=O)NCC(=O)O. The summed E-state index contributed by atoms with van der Waals surface area (Å²) in [5, 5.41) is 37.6. The molecule has 222 valence electrons. The summed E-state index contributed by atoms with van der Waals surface area (Å²) in [5.41, 5.74) is 11.3. The Kier molecular flexibility index (Phi) is 14.1. The maximum absolute atomic E-state index is 13.3. The van der Waals surface area contributed by atoms with E-state index in [1.807, 2.05) is 0 Å². The van der Waals surface area contributed by atoms with Crippen LogP contribution in [0.5, 0.6) is 5.75 Å². The first kappa shape index (κ1) is 33.8. The Bertz CT molecular complexity index is 1050. The molecule has 1 aromatic carbocycles. The number of aromatic hydroxyl groups is 1. The first-order valence-corrected chi connectivity index (χ1v) is 12.6. The average molecular weight is 567 g/mol. The number of phenolic OH excluding ortho intramolecular Hbond substituents is 1. The molecule has 0 fully saturated rings. The normalized spacial score (nSPS) is 13.8. The lowest BCUT2D eigenvalue weighted by Gasteiger charge is -2.26. The van der Waals surface area contributed by atoms with Gasteiger partial charge in [0.15, 0.2) is 0 Å². The van der Waals surface area contributed by atoms with Gasteiger partial charge in [-0.1, -0.05) is 26.0 Å². The highest BCUT2D eigenvalue weighted by Crippen LogP contribution is 2.12. The van der Waals surface area contributed by atoms with Gasteiger partial charge in [0.2, 0.25) is 29.5 Å². The monoisotopic (exact) mass is 566 g/mol. The number of amides is 5. The van der Waals surface area contributed by atoms with E-state index in [9.17, 15) is 39.0 Å². The summed E-state index contributed by atoms with van der Waals surface area (Å²) >= 11 is 0. The van der Waals surface area contributed by atoms with Gasteiger partial charge in [-0.25, -0.2) is 0 Å². The highest BCUT2D eigenvalue weighted by atomic mass is 16.4. The molecule has 5 amide bonds. The van der Waals surface area contributed by atoms with E-state index in [-0.39, 0.29) is 37.4 Å². The number of aliphatic hydroxyl groups is 1. The third-order valence-electron chi connectivity index (χ3n) is 5.62. The van der Waals surface area contributed by atoms with Gasteiger partial charge in [0.1, 0.15) is 30.4 Å². The maximum atomic E-state index is 13.3. The second kappa shape index (κ2) is 16.7. The van der Waals surface area contributed by atoms with E-state index in [2.05, 4.69) is 21.3 Å². The van der Waals surface area contributed by atoms with Crippen molar-refractivity contribution in [2.75, 3.05) is 13.2 Å². The lowest BCUT2D eigenvalue weighted by molar-refractivity contribution is -0.138. The molecule has 0 saturated carbocycles. The molecular formula is C25H38N6O9. The van der Waals surface area contributed by atoms with Gasteiger partial charge in [-0.15, -0.1) is 0 Å². The molecule has 11 N–H and O–H groups in total. The van der Waals surface area contributed by atoms with Crippen LogP contribution in [0.1, 0.15) is 38.7 Å². The molecule has 4 atom stereocenters. The Labute approximate surface area is 231 Å². The molecule has 0 heterocycles. The molecule has 0 unspecified atom stereocenters. The molecule has 0 radical (unpaired) electrons. The number of hydrogen-bond acceptors (Lipinski definition) is 9. The third kappa shape index (κ3) is 12.5. The Morgan fingerprint density at radius 2 is 1.40 bits per heavy atom. The standard InChI is InChI=1S/C25H38N6O9/c1-13(2)9-17(23(38)28-11-21(35)36)29-24(39)18(10-14-3-5-15(33)6-4-14)30-25(40)19(12-32)31-22(37)16(26)7-8-20(27)34/h3-6,13,16-19,32-33H,7-12,26H2,1-2H3,(H2,27,34)(H,28,38)(H,29,39)(H,30,40)(H,31,37)(H,35,36)/t16-,17-,18-,19-/m0/s1. The van der Waals surface area contributed by atoms with Crippen LogP contribution < -0.4 is 32.7 Å². The van der Waals surface area contributed by atoms with Crippen molar-refractivity contribution in [2.24, 2.45) is 17.4 Å². The summed E-state index contributed by atoms with van der Waals surface area (Å²) in [6.07, 6.45) is -0.201. The number of rotatable bonds is 17. The lowest BCUT2D eigenvalue weighted by Crippen LogP contribution is -2.59. The van der Waals surface area contributed by atoms with Crippen LogP contribution in [0.4, 0.5) is 0 Å². The molecular weight excluding hydrogens is 528 g/mol. The predicted octanol–water partition coefficient (Wildman–Crippen LogP) is -2.78. The quantitative estimate of drug-likeness (QED) is 0.0936. The molecule has 0 saturated heterocycles. The number of carboxylic acid groups (broad SMARTS) is 1. The van der Waals surface area contributed by atoms with Crippen molar-refractivity contribution >= 4 is 35.5 Å². The fraction of sp³-hybridized carbons (Fsp3) is 0.520. The minimum Gasteiger partial charge on any atom is -0.508 e. The Morgan fingerprint density at radius 3 is 1.93 bits per heavy atom. The number of nitrogens with two attached hydrogens (primary N) is 2. The number of benzene rings is 1. The van der Waals surface area contributed by atoms with Gasteiger partial charge in [-0.3, -0.25) is 28.8 Å². The van der Waals surface area contributed by atoms with Crippen molar-refractivity contribution in [1.82, 2.24) is 21.3 Å². The molecule has 0 bridgehead atoms. The number of nitrogens with one attached hydrogen (secondary N) is 4. The van der Waals surface area contributed by atoms with Crippen molar-refractivity contribution in [3.05, 3.63) is 29.8 Å². The van der Waals surface area contributed by atoms with Crippen molar-refractivity contribution in [1.29, 1.82) is 0 Å². The molecule has 0 aliphatic heterocycles. The summed E-state index contributed by atoms with van der Waals surface area (Å²) < 4.78 is 0. The summed E-state index contributed by atoms with van der Waals surface area (Å²) in [5.74, 6) is -5.34. The van der Waals surface area contributed by atoms with E-state index in [0.717, 1.165) is 0 Å². The van der Waals surface area contributed by atoms with Crippen LogP contribution in [-0.2, 0) is 35.2 Å². The number of aliphatic hydroxyl groups excluding tert-OH is 1. The molecule has 40 heavy (non-hydrogen) atoms. The Hall–Kier alpha value is -4.24. The number of hydrogen-bond donors (Lipinski definition) is 9. The molecule has 0 aliphatic carbocycles. The largest absolute Gasteiger partial charge is 0.508 e. The zero-order valence-corrected chi connectivity index (χ0v) is 22.4. The molecule has 0 aliphatic rings. The molecule has 0 spiro atoms. The van der Waals surface area contributed by atoms with Crippen LogP contribution in [0.3, 0.4) is 0 Å². The van der Waals surface area contributed by atoms with Crippen LogP contribution in [-0.4, -0.2) is 88.1 Å². The van der Waals surface area contributed by atoms with E-state index in [1.54, 1.807) is 13.8 Å². The predicted molar refractivity (Wildman–Crippen MR) is 141 cm³/mol. The van der Waals surface area contributed by atoms with Crippen molar-refractivity contribution in [3.63, 3.8) is 0 Å². The van der Waals surface area contributed by atoms with Gasteiger partial charge in [0.25, 0.3) is 0 Å². The number of aliphatic carboxylic acids is 1. The number of phenols is 1. The maximum Gasteiger partial charge on any atom is 0.322 e. The minimum absolute atomic E-state index is 0.0309. The van der Waals surface area contributed by atoms with Gasteiger partial charge in [0, 0.05) is 12.8 Å². The van der Waals surface area contributed by atoms with Crippen LogP contribution in [0.25, 0.3) is 0 Å². The Morgan fingerprint density at radius 1 is 0.850 bits per heavy atom. The zero-order valence-electron chi connectivity index (χ0n) is 22.4. The lowest BCUT2D eigenvalue weighted by atomic mass is 10.0. The highest BCUT2D eigenvalue weighted by molar-refractivity contribution is 5.95. The van der Waals surface area contributed by atoms with Crippen molar-refractivity contribution in [2.45, 2.75) is 63.7 Å². The van der Waals surface area contributed by atoms with E-state index in [4.69, 9.17) is 16.6 Å². The molecule has 1 rings (SSSR count). The van der Waals surface area contributed by atoms with Crippen LogP contribution in [0.15, 0.2) is 24.3 Å². The second-order valence-corrected chi connectivity index (χ2v) is 9.59. The molecule has 0 aromatic heterocycles. The molecule has 15 heteroatoms. The summed E-state index contributed by atoms with van der Waals surface area (Å²) in [6, 6.07) is 0.635. The summed E-state index contributed by atoms with van der Waals surface area (Å²) in [7, 11) is 0. The second-order valence-electron chi connectivity index (χ2n) is 9.59. The first-order chi connectivity index (χ1) is 18.7. The van der Waals surface area contributed by atoms with Gasteiger partial charge in [0.05, 0.1) is 12.6 Å². The van der Waals surface area contributed by atoms with Gasteiger partial charge in [-0.05, 0) is 36.5 Å². The number of carbonyl (C=O) groups is 6. The van der Waals surface area contributed by atoms with E-state index in [0.29, 0.717) is 5.56 Å². The highest BCUT2D eigenvalue weighted by Gasteiger charge is 2.31. The smallest absolute Gasteiger partial charge is 0.322 e. The third-order valence-corrected chi connectivity index (χ3v) is 5.62. The van der Waals surface area contributed by atoms with Crippen LogP contribution >= 0.6 is 0 Å². The zero-order chi connectivity index (χ0) is 30.4. The number of primary amides is 1. The molecule has 1 aromatic rings. The van der Waals surface area contributed by atoms with Crippen LogP contribution in [0, 0.1) is 5.92 Å². The summed E-state index contributed by atoms with van der Waals surface area (Å²) in [4.78, 5) is 73.0. The van der Waals surface area contributed by atoms with Gasteiger partial charge in [-0.2, -0.15) is 0 Å². The first-order valence-electron chi connectivity index (χ1n) is 12.6. The van der Waals surface area contributed by atoms with Crippen molar-refractivity contribution < 1.29 is 44.1 Å². The van der Waals surface area contributed by atoms with E-state index >= 15 is 0 Å². The summed E-state index contributed by atoms with van der Waals surface area (Å²) in [6.45, 7) is 2.08. The van der Waals surface area contributed by atoms with Crippen LogP contribution in [0.2, 0.25) is 0 Å². The number of carbonyl (C=O) groups excluding carboxylic acids is 5. The molecule has 15 nitrogen and oxygen atoms in total. The van der Waals surface area contributed by atoms with E-state index < -0.39 is 72.8 Å². The average Bonchev–Trinajstić information content (AvgIpc) is 2.88. The topological polar surface area (TPSA) is 263 Å². The fourth-order valence-electron chi connectivity index (χ4n) is 3.51. The van der Waals surface area contributed by atoms with Gasteiger partial charge >= 0.3 is 5.97 Å². The van der Waals surface area contributed by atoms with Gasteiger partial charge < -0.3 is 48.1 Å². The van der Waals surface area contributed by atoms with Crippen molar-refractivity contribution in [3.8, 4) is 5.75 Å². The van der Waals surface area contributed by atoms with E-state index in [1.165, 1.54) is 24.3 Å².